The summed E-state index contributed by atoms with van der Waals surface area (Å²) in [6.45, 7) is -0.124. The molecule has 0 bridgehead atoms. The van der Waals surface area contributed by atoms with E-state index in [0.717, 1.165) is 18.2 Å². The predicted octanol–water partition coefficient (Wildman–Crippen LogP) is 3.02. The molecule has 4 nitrogen and oxygen atoms in total. The van der Waals surface area contributed by atoms with E-state index < -0.39 is 11.6 Å². The van der Waals surface area contributed by atoms with Gasteiger partial charge in [-0.2, -0.15) is 0 Å². The van der Waals surface area contributed by atoms with Crippen LogP contribution in [-0.4, -0.2) is 19.6 Å². The largest absolute Gasteiger partial charge is 0.495 e. The molecular weight excluding hydrogens is 278 g/mol. The van der Waals surface area contributed by atoms with Crippen molar-refractivity contribution in [1.29, 1.82) is 0 Å². The number of methoxy groups -OCH3 is 1. The number of amides is 1. The summed E-state index contributed by atoms with van der Waals surface area (Å²) in [5, 5.41) is 5.30. The van der Waals surface area contributed by atoms with Gasteiger partial charge < -0.3 is 15.4 Å². The number of carbonyl (C=O) groups excluding carboxylic acids is 1. The molecule has 110 valence electrons. The Balaban J connectivity index is 1.96. The molecular formula is C15H14F2N2O2. The molecule has 0 unspecified atom stereocenters. The van der Waals surface area contributed by atoms with Crippen molar-refractivity contribution in [3.8, 4) is 5.75 Å². The number of carbonyl (C=O) groups is 1. The Kier molecular flexibility index (Phi) is 4.71. The Morgan fingerprint density at radius 1 is 1.14 bits per heavy atom. The molecule has 0 spiro atoms. The van der Waals surface area contributed by atoms with E-state index in [1.165, 1.54) is 7.11 Å². The van der Waals surface area contributed by atoms with E-state index in [4.69, 9.17) is 4.74 Å². The first kappa shape index (κ1) is 14.8. The number of hydrogen-bond acceptors (Lipinski definition) is 3. The molecule has 2 N–H and O–H groups in total. The van der Waals surface area contributed by atoms with Crippen molar-refractivity contribution in [3.05, 3.63) is 54.1 Å². The molecule has 0 aliphatic rings. The topological polar surface area (TPSA) is 50.4 Å². The van der Waals surface area contributed by atoms with Crippen LogP contribution in [0.5, 0.6) is 5.75 Å². The molecule has 0 radical (unpaired) electrons. The van der Waals surface area contributed by atoms with Crippen LogP contribution in [0.15, 0.2) is 42.5 Å². The summed E-state index contributed by atoms with van der Waals surface area (Å²) in [7, 11) is 1.50. The van der Waals surface area contributed by atoms with Gasteiger partial charge >= 0.3 is 0 Å². The quantitative estimate of drug-likeness (QED) is 0.890. The monoisotopic (exact) mass is 292 g/mol. The van der Waals surface area contributed by atoms with Gasteiger partial charge in [0, 0.05) is 11.8 Å². The number of rotatable bonds is 5. The number of ether oxygens (including phenoxy) is 1. The smallest absolute Gasteiger partial charge is 0.243 e. The third-order valence-electron chi connectivity index (χ3n) is 2.70. The lowest BCUT2D eigenvalue weighted by molar-refractivity contribution is -0.114. The summed E-state index contributed by atoms with van der Waals surface area (Å²) in [4.78, 5) is 11.8. The van der Waals surface area contributed by atoms with Crippen LogP contribution in [0, 0.1) is 11.6 Å². The highest BCUT2D eigenvalue weighted by Gasteiger charge is 2.07. The van der Waals surface area contributed by atoms with E-state index in [1.807, 2.05) is 0 Å². The number of hydrogen-bond donors (Lipinski definition) is 2. The van der Waals surface area contributed by atoms with Crippen molar-refractivity contribution in [2.75, 3.05) is 24.3 Å². The van der Waals surface area contributed by atoms with Gasteiger partial charge in [0.05, 0.1) is 19.3 Å². The van der Waals surface area contributed by atoms with E-state index in [2.05, 4.69) is 10.6 Å². The molecule has 21 heavy (non-hydrogen) atoms. The van der Waals surface area contributed by atoms with Gasteiger partial charge in [-0.1, -0.05) is 12.1 Å². The normalized spacial score (nSPS) is 10.0. The van der Waals surface area contributed by atoms with Crippen molar-refractivity contribution in [2.45, 2.75) is 0 Å². The van der Waals surface area contributed by atoms with Crippen molar-refractivity contribution < 1.29 is 18.3 Å². The highest BCUT2D eigenvalue weighted by molar-refractivity contribution is 5.95. The molecule has 0 aliphatic carbocycles. The fourth-order valence-corrected chi connectivity index (χ4v) is 1.78. The van der Waals surface area contributed by atoms with Gasteiger partial charge in [0.25, 0.3) is 0 Å². The summed E-state index contributed by atoms with van der Waals surface area (Å²) in [5.74, 6) is -1.24. The standard InChI is InChI=1S/C15H14F2N2O2/c1-21-14-5-3-2-4-13(14)19-15(20)9-18-12-7-10(16)6-11(17)8-12/h2-8,18H,9H2,1H3,(H,19,20). The fourth-order valence-electron chi connectivity index (χ4n) is 1.78. The van der Waals surface area contributed by atoms with Crippen LogP contribution in [0.25, 0.3) is 0 Å². The Labute approximate surface area is 120 Å². The van der Waals surface area contributed by atoms with E-state index in [9.17, 15) is 13.6 Å². The number of anilines is 2. The lowest BCUT2D eigenvalue weighted by atomic mass is 10.3. The number of para-hydroxylation sites is 2. The average molecular weight is 292 g/mol. The van der Waals surface area contributed by atoms with Gasteiger partial charge in [0.1, 0.15) is 17.4 Å². The molecule has 0 aromatic heterocycles. The Hall–Kier alpha value is -2.63. The number of benzene rings is 2. The van der Waals surface area contributed by atoms with Crippen molar-refractivity contribution in [3.63, 3.8) is 0 Å². The van der Waals surface area contributed by atoms with Crippen LogP contribution in [0.1, 0.15) is 0 Å². The van der Waals surface area contributed by atoms with Crippen molar-refractivity contribution >= 4 is 17.3 Å². The maximum atomic E-state index is 13.0. The van der Waals surface area contributed by atoms with Crippen LogP contribution in [-0.2, 0) is 4.79 Å². The highest BCUT2D eigenvalue weighted by atomic mass is 19.1. The highest BCUT2D eigenvalue weighted by Crippen LogP contribution is 2.22. The number of halogens is 2. The second-order valence-corrected chi connectivity index (χ2v) is 4.26. The zero-order chi connectivity index (χ0) is 15.2. The van der Waals surface area contributed by atoms with Crippen LogP contribution >= 0.6 is 0 Å². The van der Waals surface area contributed by atoms with Crippen LogP contribution in [0.2, 0.25) is 0 Å². The minimum absolute atomic E-state index is 0.124. The molecule has 0 fully saturated rings. The van der Waals surface area contributed by atoms with Crippen molar-refractivity contribution in [1.82, 2.24) is 0 Å². The van der Waals surface area contributed by atoms with Crippen LogP contribution in [0.4, 0.5) is 20.2 Å². The van der Waals surface area contributed by atoms with Gasteiger partial charge in [-0.05, 0) is 24.3 Å². The van der Waals surface area contributed by atoms with E-state index in [-0.39, 0.29) is 18.1 Å². The summed E-state index contributed by atoms with van der Waals surface area (Å²) >= 11 is 0. The molecule has 2 rings (SSSR count). The first-order valence-corrected chi connectivity index (χ1v) is 6.21. The second-order valence-electron chi connectivity index (χ2n) is 4.26. The maximum Gasteiger partial charge on any atom is 0.243 e. The molecule has 2 aromatic carbocycles. The minimum Gasteiger partial charge on any atom is -0.495 e. The van der Waals surface area contributed by atoms with Gasteiger partial charge in [-0.25, -0.2) is 8.78 Å². The third kappa shape index (κ3) is 4.17. The maximum absolute atomic E-state index is 13.0. The zero-order valence-electron chi connectivity index (χ0n) is 11.3. The van der Waals surface area contributed by atoms with Gasteiger partial charge in [-0.15, -0.1) is 0 Å². The van der Waals surface area contributed by atoms with E-state index >= 15 is 0 Å². The predicted molar refractivity (Wildman–Crippen MR) is 76.5 cm³/mol. The molecule has 0 saturated carbocycles. The molecule has 6 heteroatoms. The lowest BCUT2D eigenvalue weighted by Crippen LogP contribution is -2.22. The molecule has 1 amide bonds. The van der Waals surface area contributed by atoms with Gasteiger partial charge in [0.15, 0.2) is 0 Å². The average Bonchev–Trinajstić information content (AvgIpc) is 2.45. The minimum atomic E-state index is -0.706. The Morgan fingerprint density at radius 3 is 2.48 bits per heavy atom. The summed E-state index contributed by atoms with van der Waals surface area (Å²) < 4.78 is 31.1. The Morgan fingerprint density at radius 2 is 1.81 bits per heavy atom. The van der Waals surface area contributed by atoms with E-state index in [1.54, 1.807) is 24.3 Å². The van der Waals surface area contributed by atoms with E-state index in [0.29, 0.717) is 11.4 Å². The SMILES string of the molecule is COc1ccccc1NC(=O)CNc1cc(F)cc(F)c1. The first-order chi connectivity index (χ1) is 10.1. The summed E-state index contributed by atoms with van der Waals surface area (Å²) in [6.07, 6.45) is 0. The molecule has 2 aromatic rings. The first-order valence-electron chi connectivity index (χ1n) is 6.21. The second kappa shape index (κ2) is 6.69. The zero-order valence-corrected chi connectivity index (χ0v) is 11.3. The fraction of sp³-hybridized carbons (Fsp3) is 0.133. The van der Waals surface area contributed by atoms with Gasteiger partial charge in [-0.3, -0.25) is 4.79 Å². The van der Waals surface area contributed by atoms with Crippen LogP contribution < -0.4 is 15.4 Å². The summed E-state index contributed by atoms with van der Waals surface area (Å²) in [6, 6.07) is 9.93. The molecule has 0 atom stereocenters. The molecule has 0 aliphatic heterocycles. The summed E-state index contributed by atoms with van der Waals surface area (Å²) in [5.41, 5.74) is 0.722. The van der Waals surface area contributed by atoms with Crippen LogP contribution in [0.3, 0.4) is 0 Å². The van der Waals surface area contributed by atoms with Gasteiger partial charge in [0.2, 0.25) is 5.91 Å². The lowest BCUT2D eigenvalue weighted by Gasteiger charge is -2.11. The van der Waals surface area contributed by atoms with Crippen molar-refractivity contribution in [2.24, 2.45) is 0 Å². The number of nitrogens with one attached hydrogen (secondary N) is 2. The third-order valence-corrected chi connectivity index (χ3v) is 2.70. The molecule has 0 heterocycles. The Bertz CT molecular complexity index is 627. The molecule has 0 saturated heterocycles.